The van der Waals surface area contributed by atoms with Gasteiger partial charge in [0.2, 0.25) is 0 Å². The number of aliphatic carboxylic acids is 1. The summed E-state index contributed by atoms with van der Waals surface area (Å²) in [7, 11) is 5.93. The van der Waals surface area contributed by atoms with Crippen molar-refractivity contribution in [3.63, 3.8) is 0 Å². The molecule has 0 saturated carbocycles. The number of carbonyl (C=O) groups excluding carboxylic acids is 3. The fourth-order valence-electron chi connectivity index (χ4n) is 10.2. The van der Waals surface area contributed by atoms with Crippen LogP contribution in [0, 0.1) is 0 Å². The van der Waals surface area contributed by atoms with E-state index in [2.05, 4.69) is 98.9 Å². The van der Waals surface area contributed by atoms with E-state index >= 15 is 0 Å². The predicted octanol–water partition coefficient (Wildman–Crippen LogP) is 20.9. The van der Waals surface area contributed by atoms with E-state index < -0.39 is 24.3 Å². The second-order valence-electron chi connectivity index (χ2n) is 25.1. The van der Waals surface area contributed by atoms with Gasteiger partial charge in [-0.15, -0.1) is 0 Å². The molecule has 0 aromatic rings. The maximum atomic E-state index is 12.9. The Morgan fingerprint density at radius 3 is 1.00 bits per heavy atom. The maximum Gasteiger partial charge on any atom is 0.306 e. The molecule has 9 heteroatoms. The molecule has 0 aliphatic rings. The van der Waals surface area contributed by atoms with Crippen molar-refractivity contribution in [3.05, 3.63) is 85.1 Å². The van der Waals surface area contributed by atoms with Gasteiger partial charge in [0, 0.05) is 12.8 Å². The van der Waals surface area contributed by atoms with Gasteiger partial charge in [-0.1, -0.05) is 304 Å². The van der Waals surface area contributed by atoms with Gasteiger partial charge < -0.3 is 33.3 Å². The first kappa shape index (κ1) is 81.5. The minimum atomic E-state index is -1.63. The Morgan fingerprint density at radius 2 is 0.671 bits per heavy atom. The molecule has 2 atom stereocenters. The van der Waals surface area contributed by atoms with Crippen LogP contribution in [0.2, 0.25) is 0 Å². The maximum absolute atomic E-state index is 12.9. The topological polar surface area (TPSA) is 111 Å². The standard InChI is InChI=1S/C76H135NO8/c1-6-8-10-12-14-16-18-20-22-24-26-28-30-31-32-33-34-35-36-37-38-39-40-41-42-43-45-47-49-51-53-55-57-59-61-63-65-67-74(79)85-72(71-84-76(75(80)81)82-69-68-77(3,4)5)70-83-73(78)66-64-62-60-58-56-54-52-50-48-46-44-29-27-25-23-21-19-17-15-13-11-9-7-2/h8,10,14,16,19-22,25-28,44,46,72,76H,6-7,9,11-13,15,17-18,23-24,29-43,45,47-71H2,1-5H3/b10-8-,16-14-,21-19-,22-20-,27-25-,28-26-,46-44-. The van der Waals surface area contributed by atoms with Crippen LogP contribution in [0.1, 0.15) is 322 Å². The third-order valence-electron chi connectivity index (χ3n) is 15.6. The van der Waals surface area contributed by atoms with Crippen molar-refractivity contribution in [1.82, 2.24) is 0 Å². The largest absolute Gasteiger partial charge is 0.545 e. The number of carboxylic acid groups (broad SMARTS) is 1. The van der Waals surface area contributed by atoms with Crippen LogP contribution in [0.25, 0.3) is 0 Å². The Balaban J connectivity index is 4.04. The molecule has 0 radical (unpaired) electrons. The molecule has 0 bridgehead atoms. The second-order valence-corrected chi connectivity index (χ2v) is 25.1. The lowest BCUT2D eigenvalue weighted by Crippen LogP contribution is -2.44. The summed E-state index contributed by atoms with van der Waals surface area (Å²) in [6.45, 7) is 4.65. The Morgan fingerprint density at radius 1 is 0.365 bits per heavy atom. The van der Waals surface area contributed by atoms with Crippen molar-refractivity contribution in [2.75, 3.05) is 47.5 Å². The summed E-state index contributed by atoms with van der Waals surface area (Å²) in [6, 6.07) is 0. The molecule has 0 rings (SSSR count). The monoisotopic (exact) mass is 1190 g/mol. The van der Waals surface area contributed by atoms with Gasteiger partial charge >= 0.3 is 11.9 Å². The minimum Gasteiger partial charge on any atom is -0.545 e. The van der Waals surface area contributed by atoms with Crippen molar-refractivity contribution in [3.8, 4) is 0 Å². The quantitative estimate of drug-likeness (QED) is 0.0195. The van der Waals surface area contributed by atoms with E-state index in [1.807, 2.05) is 21.1 Å². The first-order valence-corrected chi connectivity index (χ1v) is 35.7. The predicted molar refractivity (Wildman–Crippen MR) is 361 cm³/mol. The molecule has 0 aliphatic carbocycles. The number of unbranched alkanes of at least 4 members (excludes halogenated alkanes) is 37. The summed E-state index contributed by atoms with van der Waals surface area (Å²) >= 11 is 0. The van der Waals surface area contributed by atoms with Crippen LogP contribution in [-0.4, -0.2) is 82.3 Å². The Kier molecular flexibility index (Phi) is 63.7. The van der Waals surface area contributed by atoms with Crippen molar-refractivity contribution >= 4 is 17.9 Å². The van der Waals surface area contributed by atoms with Crippen molar-refractivity contribution < 1.29 is 42.9 Å². The van der Waals surface area contributed by atoms with Crippen molar-refractivity contribution in [1.29, 1.82) is 0 Å². The molecule has 0 saturated heterocycles. The highest BCUT2D eigenvalue weighted by Crippen LogP contribution is 2.18. The Hall–Kier alpha value is -3.53. The number of hydrogen-bond donors (Lipinski definition) is 0. The summed E-state index contributed by atoms with van der Waals surface area (Å²) in [5, 5.41) is 11.8. The lowest BCUT2D eigenvalue weighted by molar-refractivity contribution is -0.870. The molecule has 0 aliphatic heterocycles. The first-order chi connectivity index (χ1) is 41.6. The van der Waals surface area contributed by atoms with Gasteiger partial charge in [0.25, 0.3) is 0 Å². The molecule has 2 unspecified atom stereocenters. The summed E-state index contributed by atoms with van der Waals surface area (Å²) in [5.41, 5.74) is 0. The first-order valence-electron chi connectivity index (χ1n) is 35.7. The summed E-state index contributed by atoms with van der Waals surface area (Å²) in [5.74, 6) is -2.28. The van der Waals surface area contributed by atoms with E-state index in [-0.39, 0.29) is 38.6 Å². The Bertz CT molecular complexity index is 1670. The third kappa shape index (κ3) is 67.8. The van der Waals surface area contributed by atoms with Gasteiger partial charge in [-0.05, 0) is 89.9 Å². The molecule has 0 heterocycles. The SMILES string of the molecule is CC/C=C\C/C=C\C/C=C\C/C=C\CCCCCCCCCCCCCCCCCCCCCCCCCCC(=O)OC(COC(=O)CCCCCCCCCC/C=C\C/C=C\C/C=C\CCCCCCC)COC(OCC[N+](C)(C)C)C(=O)[O-]. The number of rotatable bonds is 66. The van der Waals surface area contributed by atoms with E-state index in [0.29, 0.717) is 17.4 Å². The second kappa shape index (κ2) is 66.4. The number of nitrogens with zero attached hydrogens (tertiary/aromatic N) is 1. The molecular formula is C76H135NO8. The number of hydrogen-bond acceptors (Lipinski definition) is 8. The number of quaternary nitrogens is 1. The van der Waals surface area contributed by atoms with E-state index in [0.717, 1.165) is 83.5 Å². The van der Waals surface area contributed by atoms with Crippen LogP contribution in [0.3, 0.4) is 0 Å². The van der Waals surface area contributed by atoms with E-state index in [1.54, 1.807) is 0 Å². The van der Waals surface area contributed by atoms with Crippen LogP contribution >= 0.6 is 0 Å². The van der Waals surface area contributed by atoms with Gasteiger partial charge in [0.05, 0.1) is 40.3 Å². The summed E-state index contributed by atoms with van der Waals surface area (Å²) < 4.78 is 22.8. The highest BCUT2D eigenvalue weighted by Gasteiger charge is 2.22. The zero-order chi connectivity index (χ0) is 61.9. The number of allylic oxidation sites excluding steroid dienone is 14. The molecule has 0 N–H and O–H groups in total. The highest BCUT2D eigenvalue weighted by molar-refractivity contribution is 5.70. The van der Waals surface area contributed by atoms with Gasteiger partial charge in [-0.25, -0.2) is 0 Å². The average Bonchev–Trinajstić information content (AvgIpc) is 3.48. The smallest absolute Gasteiger partial charge is 0.306 e. The Labute approximate surface area is 525 Å². The summed E-state index contributed by atoms with van der Waals surface area (Å²) in [4.78, 5) is 37.5. The van der Waals surface area contributed by atoms with Crippen LogP contribution in [0.5, 0.6) is 0 Å². The number of ether oxygens (including phenoxy) is 4. The fraction of sp³-hybridized carbons (Fsp3) is 0.776. The molecule has 0 aromatic heterocycles. The van der Waals surface area contributed by atoms with Crippen LogP contribution < -0.4 is 5.11 Å². The summed E-state index contributed by atoms with van der Waals surface area (Å²) in [6.07, 6.45) is 86.7. The van der Waals surface area contributed by atoms with Crippen molar-refractivity contribution in [2.24, 2.45) is 0 Å². The van der Waals surface area contributed by atoms with Gasteiger partial charge in [0.1, 0.15) is 13.2 Å². The molecule has 9 nitrogen and oxygen atoms in total. The average molecular weight is 1190 g/mol. The molecule has 0 fully saturated rings. The fourth-order valence-corrected chi connectivity index (χ4v) is 10.2. The molecule has 492 valence electrons. The number of carboxylic acids is 1. The number of likely N-dealkylation sites (N-methyl/N-ethyl adjacent to an activating group) is 1. The zero-order valence-corrected chi connectivity index (χ0v) is 56.2. The lowest BCUT2D eigenvalue weighted by Gasteiger charge is -2.26. The molecule has 85 heavy (non-hydrogen) atoms. The molecular weight excluding hydrogens is 1050 g/mol. The van der Waals surface area contributed by atoms with Crippen LogP contribution in [0.4, 0.5) is 0 Å². The van der Waals surface area contributed by atoms with E-state index in [4.69, 9.17) is 18.9 Å². The number of carbonyl (C=O) groups is 3. The minimum absolute atomic E-state index is 0.146. The molecule has 0 spiro atoms. The van der Waals surface area contributed by atoms with Crippen LogP contribution in [0.15, 0.2) is 85.1 Å². The normalized spacial score (nSPS) is 13.2. The highest BCUT2D eigenvalue weighted by atomic mass is 16.7. The van der Waals surface area contributed by atoms with Gasteiger partial charge in [-0.2, -0.15) is 0 Å². The van der Waals surface area contributed by atoms with Gasteiger partial charge in [0.15, 0.2) is 12.4 Å². The molecule has 0 amide bonds. The van der Waals surface area contributed by atoms with E-state index in [9.17, 15) is 19.5 Å². The lowest BCUT2D eigenvalue weighted by atomic mass is 10.0. The molecule has 0 aromatic carbocycles. The van der Waals surface area contributed by atoms with Gasteiger partial charge in [-0.3, -0.25) is 9.59 Å². The van der Waals surface area contributed by atoms with Crippen molar-refractivity contribution in [2.45, 2.75) is 334 Å². The zero-order valence-electron chi connectivity index (χ0n) is 56.2. The van der Waals surface area contributed by atoms with Crippen LogP contribution in [-0.2, 0) is 33.3 Å². The van der Waals surface area contributed by atoms with E-state index in [1.165, 1.54) is 205 Å². The number of esters is 2. The third-order valence-corrected chi connectivity index (χ3v) is 15.6.